The summed E-state index contributed by atoms with van der Waals surface area (Å²) in [6.07, 6.45) is 11.0. The normalized spacial score (nSPS) is 37.9. The first-order chi connectivity index (χ1) is 8.26. The van der Waals surface area contributed by atoms with Gasteiger partial charge in [0.2, 0.25) is 0 Å². The second kappa shape index (κ2) is 4.87. The molecule has 2 heterocycles. The van der Waals surface area contributed by atoms with E-state index in [0.717, 1.165) is 19.5 Å². The van der Waals surface area contributed by atoms with Crippen LogP contribution in [0.3, 0.4) is 0 Å². The number of nitrogens with zero attached hydrogens (tertiary/aromatic N) is 1. The summed E-state index contributed by atoms with van der Waals surface area (Å²) < 4.78 is 6.40. The van der Waals surface area contributed by atoms with Crippen LogP contribution in [0.4, 0.5) is 0 Å². The van der Waals surface area contributed by atoms with Gasteiger partial charge in [-0.25, -0.2) is 0 Å². The topological polar surface area (TPSA) is 38.5 Å². The van der Waals surface area contributed by atoms with Gasteiger partial charge in [-0.15, -0.1) is 0 Å². The zero-order valence-corrected chi connectivity index (χ0v) is 10.9. The van der Waals surface area contributed by atoms with Crippen LogP contribution in [0.15, 0.2) is 0 Å². The van der Waals surface area contributed by atoms with E-state index < -0.39 is 0 Å². The number of ether oxygens (including phenoxy) is 1. The summed E-state index contributed by atoms with van der Waals surface area (Å²) in [6.45, 7) is 3.37. The van der Waals surface area contributed by atoms with E-state index in [1.54, 1.807) is 0 Å². The maximum absolute atomic E-state index is 6.40. The predicted octanol–water partition coefficient (Wildman–Crippen LogP) is 1.90. The third kappa shape index (κ3) is 2.67. The van der Waals surface area contributed by atoms with E-state index in [-0.39, 0.29) is 5.60 Å². The molecular weight excluding hydrogens is 212 g/mol. The van der Waals surface area contributed by atoms with Gasteiger partial charge in [0.25, 0.3) is 0 Å². The number of hydrogen-bond acceptors (Lipinski definition) is 3. The minimum atomic E-state index is 0.282. The number of nitrogens with two attached hydrogens (primary N) is 1. The van der Waals surface area contributed by atoms with Crippen molar-refractivity contribution in [2.24, 2.45) is 5.73 Å². The summed E-state index contributed by atoms with van der Waals surface area (Å²) in [5.41, 5.74) is 6.24. The molecule has 1 aliphatic carbocycles. The molecular formula is C14H26N2O. The van der Waals surface area contributed by atoms with E-state index in [2.05, 4.69) is 4.90 Å². The van der Waals surface area contributed by atoms with Crippen LogP contribution in [0, 0.1) is 0 Å². The quantitative estimate of drug-likeness (QED) is 0.798. The maximum Gasteiger partial charge on any atom is 0.0710 e. The molecule has 2 atom stereocenters. The first kappa shape index (κ1) is 11.9. The Kier molecular flexibility index (Phi) is 3.42. The Morgan fingerprint density at radius 2 is 1.94 bits per heavy atom. The van der Waals surface area contributed by atoms with E-state index in [1.807, 2.05) is 0 Å². The van der Waals surface area contributed by atoms with Crippen LogP contribution in [-0.2, 0) is 4.74 Å². The molecule has 3 nitrogen and oxygen atoms in total. The lowest BCUT2D eigenvalue weighted by Gasteiger charge is -2.34. The molecule has 0 bridgehead atoms. The molecule has 0 aromatic heterocycles. The molecule has 2 aliphatic heterocycles. The van der Waals surface area contributed by atoms with E-state index in [0.29, 0.717) is 12.1 Å². The summed E-state index contributed by atoms with van der Waals surface area (Å²) >= 11 is 0. The van der Waals surface area contributed by atoms with Gasteiger partial charge in [0.15, 0.2) is 0 Å². The van der Waals surface area contributed by atoms with Gasteiger partial charge in [-0.2, -0.15) is 0 Å². The van der Waals surface area contributed by atoms with E-state index in [9.17, 15) is 0 Å². The maximum atomic E-state index is 6.40. The van der Waals surface area contributed by atoms with Crippen LogP contribution in [0.5, 0.6) is 0 Å². The van der Waals surface area contributed by atoms with Crippen molar-refractivity contribution in [3.8, 4) is 0 Å². The molecule has 0 aromatic carbocycles. The van der Waals surface area contributed by atoms with Gasteiger partial charge < -0.3 is 10.5 Å². The van der Waals surface area contributed by atoms with Gasteiger partial charge in [0.05, 0.1) is 11.7 Å². The van der Waals surface area contributed by atoms with Crippen molar-refractivity contribution in [3.63, 3.8) is 0 Å². The number of rotatable bonds is 2. The largest absolute Gasteiger partial charge is 0.370 e. The van der Waals surface area contributed by atoms with Crippen molar-refractivity contribution < 1.29 is 4.74 Å². The molecule has 3 fully saturated rings. The molecule has 2 saturated heterocycles. The molecule has 1 spiro atoms. The standard InChI is InChI=1S/C14H26N2O/c15-12-5-9-16(10-12)11-13-4-8-14(17-13)6-2-1-3-7-14/h12-13H,1-11,15H2. The van der Waals surface area contributed by atoms with Gasteiger partial charge in [-0.3, -0.25) is 4.90 Å². The molecule has 3 heteroatoms. The van der Waals surface area contributed by atoms with Crippen LogP contribution in [0.2, 0.25) is 0 Å². The highest BCUT2D eigenvalue weighted by Crippen LogP contribution is 2.42. The average Bonchev–Trinajstić information content (AvgIpc) is 2.89. The summed E-state index contributed by atoms with van der Waals surface area (Å²) in [5, 5.41) is 0. The Bertz CT molecular complexity index is 263. The molecule has 3 aliphatic rings. The first-order valence-corrected chi connectivity index (χ1v) is 7.42. The zero-order chi connectivity index (χ0) is 11.7. The lowest BCUT2D eigenvalue weighted by atomic mass is 9.83. The highest BCUT2D eigenvalue weighted by molar-refractivity contribution is 4.92. The van der Waals surface area contributed by atoms with E-state index in [4.69, 9.17) is 10.5 Å². The molecule has 0 aromatic rings. The Morgan fingerprint density at radius 3 is 2.65 bits per heavy atom. The summed E-state index contributed by atoms with van der Waals surface area (Å²) in [5.74, 6) is 0. The van der Waals surface area contributed by atoms with Gasteiger partial charge in [0, 0.05) is 19.1 Å². The van der Waals surface area contributed by atoms with Crippen molar-refractivity contribution in [3.05, 3.63) is 0 Å². The lowest BCUT2D eigenvalue weighted by Crippen LogP contribution is -2.36. The van der Waals surface area contributed by atoms with Crippen LogP contribution in [0.25, 0.3) is 0 Å². The van der Waals surface area contributed by atoms with Crippen LogP contribution >= 0.6 is 0 Å². The Morgan fingerprint density at radius 1 is 1.12 bits per heavy atom. The fraction of sp³-hybridized carbons (Fsp3) is 1.00. The van der Waals surface area contributed by atoms with E-state index >= 15 is 0 Å². The zero-order valence-electron chi connectivity index (χ0n) is 10.9. The molecule has 3 rings (SSSR count). The summed E-state index contributed by atoms with van der Waals surface area (Å²) in [7, 11) is 0. The van der Waals surface area contributed by atoms with Gasteiger partial charge in [0.1, 0.15) is 0 Å². The molecule has 2 unspecified atom stereocenters. The predicted molar refractivity (Wildman–Crippen MR) is 69.0 cm³/mol. The molecule has 0 radical (unpaired) electrons. The molecule has 1 saturated carbocycles. The first-order valence-electron chi connectivity index (χ1n) is 7.42. The van der Waals surface area contributed by atoms with Crippen molar-refractivity contribution in [1.29, 1.82) is 0 Å². The van der Waals surface area contributed by atoms with Crippen molar-refractivity contribution >= 4 is 0 Å². The smallest absolute Gasteiger partial charge is 0.0710 e. The third-order valence-electron chi connectivity index (χ3n) is 4.87. The molecule has 2 N–H and O–H groups in total. The summed E-state index contributed by atoms with van der Waals surface area (Å²) in [6, 6.07) is 0.403. The lowest BCUT2D eigenvalue weighted by molar-refractivity contribution is -0.0704. The fourth-order valence-electron chi connectivity index (χ4n) is 3.90. The highest BCUT2D eigenvalue weighted by Gasteiger charge is 2.41. The van der Waals surface area contributed by atoms with Crippen molar-refractivity contribution in [2.75, 3.05) is 19.6 Å². The fourth-order valence-corrected chi connectivity index (χ4v) is 3.90. The van der Waals surface area contributed by atoms with Crippen LogP contribution < -0.4 is 5.73 Å². The SMILES string of the molecule is NC1CCN(CC2CCC3(CCCCC3)O2)C1. The second-order valence-electron chi connectivity index (χ2n) is 6.33. The van der Waals surface area contributed by atoms with Crippen molar-refractivity contribution in [1.82, 2.24) is 4.90 Å². The van der Waals surface area contributed by atoms with Crippen LogP contribution in [0.1, 0.15) is 51.4 Å². The molecule has 17 heavy (non-hydrogen) atoms. The Hall–Kier alpha value is -0.120. The van der Waals surface area contributed by atoms with Gasteiger partial charge in [-0.05, 0) is 38.6 Å². The Balaban J connectivity index is 1.50. The minimum absolute atomic E-state index is 0.282. The van der Waals surface area contributed by atoms with Gasteiger partial charge >= 0.3 is 0 Å². The minimum Gasteiger partial charge on any atom is -0.370 e. The van der Waals surface area contributed by atoms with E-state index in [1.165, 1.54) is 51.5 Å². The highest BCUT2D eigenvalue weighted by atomic mass is 16.5. The molecule has 0 amide bonds. The third-order valence-corrected chi connectivity index (χ3v) is 4.87. The average molecular weight is 238 g/mol. The second-order valence-corrected chi connectivity index (χ2v) is 6.33. The molecule has 98 valence electrons. The summed E-state index contributed by atoms with van der Waals surface area (Å²) in [4.78, 5) is 2.50. The van der Waals surface area contributed by atoms with Crippen LogP contribution in [-0.4, -0.2) is 42.3 Å². The van der Waals surface area contributed by atoms with Crippen molar-refractivity contribution in [2.45, 2.75) is 69.1 Å². The monoisotopic (exact) mass is 238 g/mol. The number of hydrogen-bond donors (Lipinski definition) is 1. The number of likely N-dealkylation sites (tertiary alicyclic amines) is 1. The van der Waals surface area contributed by atoms with Gasteiger partial charge in [-0.1, -0.05) is 19.3 Å². The Labute approximate surface area is 105 Å².